The minimum atomic E-state index is -1.79. The van der Waals surface area contributed by atoms with Crippen molar-refractivity contribution in [1.29, 1.82) is 0 Å². The lowest BCUT2D eigenvalue weighted by atomic mass is 10.0. The third-order valence-corrected chi connectivity index (χ3v) is 3.87. The number of benzene rings is 2. The van der Waals surface area contributed by atoms with Crippen LogP contribution in [0.2, 0.25) is 0 Å². The van der Waals surface area contributed by atoms with E-state index in [-0.39, 0.29) is 12.0 Å². The Morgan fingerprint density at radius 3 is 2.63 bits per heavy atom. The van der Waals surface area contributed by atoms with Crippen LogP contribution < -0.4 is 11.1 Å². The van der Waals surface area contributed by atoms with Gasteiger partial charge in [-0.2, -0.15) is 0 Å². The van der Waals surface area contributed by atoms with E-state index in [9.17, 15) is 22.8 Å². The number of pyridine rings is 1. The Morgan fingerprint density at radius 2 is 1.89 bits per heavy atom. The summed E-state index contributed by atoms with van der Waals surface area (Å²) in [5.74, 6) is -6.76. The van der Waals surface area contributed by atoms with E-state index in [1.807, 2.05) is 6.07 Å². The Morgan fingerprint density at radius 1 is 1.11 bits per heavy atom. The first-order valence-corrected chi connectivity index (χ1v) is 7.82. The topological polar surface area (TPSA) is 85.1 Å². The minimum absolute atomic E-state index is 0.225. The summed E-state index contributed by atoms with van der Waals surface area (Å²) in [6.45, 7) is 0. The van der Waals surface area contributed by atoms with Gasteiger partial charge < -0.3 is 11.1 Å². The van der Waals surface area contributed by atoms with Crippen molar-refractivity contribution in [1.82, 2.24) is 4.98 Å². The highest BCUT2D eigenvalue weighted by Gasteiger charge is 2.22. The van der Waals surface area contributed by atoms with Crippen LogP contribution in [0.3, 0.4) is 0 Å². The molecule has 0 aliphatic heterocycles. The van der Waals surface area contributed by atoms with Crippen LogP contribution in [-0.2, 0) is 11.2 Å². The molecule has 137 valence electrons. The Labute approximate surface area is 152 Å². The lowest BCUT2D eigenvalue weighted by Gasteiger charge is -2.10. The SMILES string of the molecule is NC(=O)c1c(C[CH]C(=O)Nc2ccc3ncccc3c2)cc(F)c(F)c1F. The van der Waals surface area contributed by atoms with Crippen LogP contribution in [0.15, 0.2) is 42.6 Å². The van der Waals surface area contributed by atoms with E-state index >= 15 is 0 Å². The van der Waals surface area contributed by atoms with Gasteiger partial charge in [-0.1, -0.05) is 6.07 Å². The number of aromatic nitrogens is 1. The molecule has 0 saturated heterocycles. The second-order valence-corrected chi connectivity index (χ2v) is 5.69. The number of anilines is 1. The Hall–Kier alpha value is -3.42. The number of rotatable bonds is 5. The maximum Gasteiger partial charge on any atom is 0.252 e. The molecule has 27 heavy (non-hydrogen) atoms. The molecule has 0 aliphatic rings. The highest BCUT2D eigenvalue weighted by atomic mass is 19.2. The van der Waals surface area contributed by atoms with Crippen molar-refractivity contribution >= 4 is 28.4 Å². The molecule has 2 amide bonds. The van der Waals surface area contributed by atoms with E-state index in [4.69, 9.17) is 5.73 Å². The summed E-state index contributed by atoms with van der Waals surface area (Å²) in [6.07, 6.45) is 2.41. The van der Waals surface area contributed by atoms with Gasteiger partial charge in [0.15, 0.2) is 17.5 Å². The fourth-order valence-corrected chi connectivity index (χ4v) is 2.62. The zero-order valence-corrected chi connectivity index (χ0v) is 13.8. The smallest absolute Gasteiger partial charge is 0.252 e. The number of nitrogens with zero attached hydrogens (tertiary/aromatic N) is 1. The highest BCUT2D eigenvalue weighted by Crippen LogP contribution is 2.22. The molecule has 0 spiro atoms. The Kier molecular flexibility index (Phi) is 5.07. The van der Waals surface area contributed by atoms with Crippen LogP contribution in [-0.4, -0.2) is 16.8 Å². The molecule has 3 N–H and O–H groups in total. The zero-order valence-electron chi connectivity index (χ0n) is 13.8. The van der Waals surface area contributed by atoms with Crippen LogP contribution in [0.1, 0.15) is 15.9 Å². The number of primary amides is 1. The van der Waals surface area contributed by atoms with Crippen molar-refractivity contribution in [3.8, 4) is 0 Å². The van der Waals surface area contributed by atoms with Crippen LogP contribution in [0.25, 0.3) is 10.9 Å². The maximum atomic E-state index is 13.8. The Balaban J connectivity index is 1.74. The first-order chi connectivity index (χ1) is 12.9. The van der Waals surface area contributed by atoms with E-state index in [0.29, 0.717) is 11.8 Å². The lowest BCUT2D eigenvalue weighted by molar-refractivity contribution is -0.113. The molecule has 1 heterocycles. The standard InChI is InChI=1S/C19H13F3N3O2/c20-13-9-11(16(19(23)27)18(22)17(13)21)3-6-15(26)25-12-4-5-14-10(8-12)2-1-7-24-14/h1-2,4-9H,3H2,(H2,23,27)(H,25,26). The van der Waals surface area contributed by atoms with Crippen molar-refractivity contribution in [3.63, 3.8) is 0 Å². The molecule has 3 rings (SSSR count). The normalized spacial score (nSPS) is 10.8. The van der Waals surface area contributed by atoms with E-state index < -0.39 is 34.8 Å². The molecule has 0 atom stereocenters. The highest BCUT2D eigenvalue weighted by molar-refractivity contribution is 5.99. The summed E-state index contributed by atoms with van der Waals surface area (Å²) in [5, 5.41) is 3.41. The number of hydrogen-bond acceptors (Lipinski definition) is 3. The largest absolute Gasteiger partial charge is 0.365 e. The molecule has 1 radical (unpaired) electrons. The van der Waals surface area contributed by atoms with Gasteiger partial charge in [0.25, 0.3) is 5.91 Å². The molecule has 8 heteroatoms. The van der Waals surface area contributed by atoms with Gasteiger partial charge in [-0.15, -0.1) is 0 Å². The number of nitrogens with one attached hydrogen (secondary N) is 1. The van der Waals surface area contributed by atoms with Crippen LogP contribution in [0, 0.1) is 23.9 Å². The molecule has 1 aromatic heterocycles. The summed E-state index contributed by atoms with van der Waals surface area (Å²) < 4.78 is 40.5. The fourth-order valence-electron chi connectivity index (χ4n) is 2.62. The molecule has 0 saturated carbocycles. The van der Waals surface area contributed by atoms with Gasteiger partial charge in [-0.3, -0.25) is 14.6 Å². The minimum Gasteiger partial charge on any atom is -0.365 e. The van der Waals surface area contributed by atoms with Gasteiger partial charge in [0.05, 0.1) is 17.5 Å². The molecule has 3 aromatic rings. The molecule has 0 bridgehead atoms. The average molecular weight is 372 g/mol. The van der Waals surface area contributed by atoms with Gasteiger partial charge >= 0.3 is 0 Å². The van der Waals surface area contributed by atoms with E-state index in [1.54, 1.807) is 30.5 Å². The van der Waals surface area contributed by atoms with E-state index in [1.165, 1.54) is 0 Å². The van der Waals surface area contributed by atoms with Crippen molar-refractivity contribution in [2.45, 2.75) is 6.42 Å². The van der Waals surface area contributed by atoms with Crippen LogP contribution >= 0.6 is 0 Å². The lowest BCUT2D eigenvalue weighted by Crippen LogP contribution is -2.20. The quantitative estimate of drug-likeness (QED) is 0.675. The summed E-state index contributed by atoms with van der Waals surface area (Å²) >= 11 is 0. The van der Waals surface area contributed by atoms with Crippen LogP contribution in [0.4, 0.5) is 18.9 Å². The second-order valence-electron chi connectivity index (χ2n) is 5.69. The molecule has 5 nitrogen and oxygen atoms in total. The number of carbonyl (C=O) groups is 2. The van der Waals surface area contributed by atoms with Crippen molar-refractivity contribution < 1.29 is 22.8 Å². The maximum absolute atomic E-state index is 13.8. The zero-order chi connectivity index (χ0) is 19.6. The second kappa shape index (κ2) is 7.45. The number of halogens is 3. The summed E-state index contributed by atoms with van der Waals surface area (Å²) in [7, 11) is 0. The Bertz CT molecular complexity index is 1050. The third-order valence-electron chi connectivity index (χ3n) is 3.87. The van der Waals surface area contributed by atoms with Gasteiger partial charge in [0, 0.05) is 17.3 Å². The van der Waals surface area contributed by atoms with Crippen molar-refractivity contribution in [2.75, 3.05) is 5.32 Å². The summed E-state index contributed by atoms with van der Waals surface area (Å²) in [4.78, 5) is 27.6. The first kappa shape index (κ1) is 18.4. The van der Waals surface area contributed by atoms with Crippen molar-refractivity contribution in [3.05, 3.63) is 77.6 Å². The molecular weight excluding hydrogens is 359 g/mol. The molecule has 0 fully saturated rings. The predicted octanol–water partition coefficient (Wildman–Crippen LogP) is 3.14. The third kappa shape index (κ3) is 3.89. The number of fused-ring (bicyclic) bond motifs is 1. The van der Waals surface area contributed by atoms with E-state index in [0.717, 1.165) is 17.3 Å². The number of carbonyl (C=O) groups excluding carboxylic acids is 2. The van der Waals surface area contributed by atoms with Gasteiger partial charge in [-0.05, 0) is 42.3 Å². The molecular formula is C19H13F3N3O2. The number of amides is 2. The van der Waals surface area contributed by atoms with Crippen LogP contribution in [0.5, 0.6) is 0 Å². The van der Waals surface area contributed by atoms with Gasteiger partial charge in [0.1, 0.15) is 0 Å². The number of nitrogens with two attached hydrogens (primary N) is 1. The summed E-state index contributed by atoms with van der Waals surface area (Å²) in [5.41, 5.74) is 5.26. The molecule has 0 aliphatic carbocycles. The molecule has 2 aromatic carbocycles. The predicted molar refractivity (Wildman–Crippen MR) is 93.2 cm³/mol. The fraction of sp³-hybridized carbons (Fsp3) is 0.0526. The first-order valence-electron chi connectivity index (χ1n) is 7.82. The van der Waals surface area contributed by atoms with Gasteiger partial charge in [0.2, 0.25) is 5.91 Å². The summed E-state index contributed by atoms with van der Waals surface area (Å²) in [6, 6.07) is 9.30. The van der Waals surface area contributed by atoms with Gasteiger partial charge in [-0.25, -0.2) is 13.2 Å². The average Bonchev–Trinajstić information content (AvgIpc) is 2.64. The van der Waals surface area contributed by atoms with Crippen molar-refractivity contribution in [2.24, 2.45) is 5.73 Å². The number of hydrogen-bond donors (Lipinski definition) is 2. The monoisotopic (exact) mass is 372 g/mol. The molecule has 0 unspecified atom stereocenters. The van der Waals surface area contributed by atoms with E-state index in [2.05, 4.69) is 10.3 Å².